The van der Waals surface area contributed by atoms with Crippen molar-refractivity contribution in [3.05, 3.63) is 20.8 Å². The van der Waals surface area contributed by atoms with Gasteiger partial charge >= 0.3 is 0 Å². The van der Waals surface area contributed by atoms with Gasteiger partial charge < -0.3 is 14.8 Å². The van der Waals surface area contributed by atoms with Crippen LogP contribution < -0.4 is 5.32 Å². The van der Waals surface area contributed by atoms with E-state index >= 15 is 0 Å². The van der Waals surface area contributed by atoms with E-state index in [0.29, 0.717) is 6.10 Å². The van der Waals surface area contributed by atoms with Crippen LogP contribution in [0.15, 0.2) is 15.9 Å². The Morgan fingerprint density at radius 2 is 2.35 bits per heavy atom. The summed E-state index contributed by atoms with van der Waals surface area (Å²) in [5.41, 5.74) is 0.195. The van der Waals surface area contributed by atoms with E-state index in [0.717, 1.165) is 39.3 Å². The normalized spacial score (nSPS) is 27.7. The van der Waals surface area contributed by atoms with Crippen molar-refractivity contribution in [2.45, 2.75) is 17.9 Å². The second-order valence-electron chi connectivity index (χ2n) is 4.78. The molecule has 3 heterocycles. The highest BCUT2D eigenvalue weighted by atomic mass is 79.9. The molecule has 2 saturated heterocycles. The van der Waals surface area contributed by atoms with Crippen LogP contribution in [0.2, 0.25) is 0 Å². The van der Waals surface area contributed by atoms with Crippen molar-refractivity contribution in [2.75, 3.05) is 32.9 Å². The molecule has 17 heavy (non-hydrogen) atoms. The summed E-state index contributed by atoms with van der Waals surface area (Å²) in [6.07, 6.45) is 1.39. The van der Waals surface area contributed by atoms with Crippen LogP contribution >= 0.6 is 27.3 Å². The third kappa shape index (κ3) is 2.44. The molecule has 0 aliphatic carbocycles. The maximum Gasteiger partial charge on any atom is 0.0710 e. The molecular formula is C12H16BrNO2S. The van der Waals surface area contributed by atoms with Gasteiger partial charge in [0.2, 0.25) is 0 Å². The summed E-state index contributed by atoms with van der Waals surface area (Å²) in [6, 6.07) is 4.34. The molecule has 1 N–H and O–H groups in total. The number of hydrogen-bond donors (Lipinski definition) is 1. The van der Waals surface area contributed by atoms with Gasteiger partial charge in [0.1, 0.15) is 0 Å². The third-order valence-electron chi connectivity index (χ3n) is 3.48. The van der Waals surface area contributed by atoms with Crippen LogP contribution in [0.25, 0.3) is 0 Å². The average Bonchev–Trinajstić information content (AvgIpc) is 2.72. The Bertz CT molecular complexity index is 386. The molecule has 94 valence electrons. The summed E-state index contributed by atoms with van der Waals surface area (Å²) in [5.74, 6) is 0. The number of hydrogen-bond acceptors (Lipinski definition) is 4. The molecule has 2 aliphatic rings. The van der Waals surface area contributed by atoms with Gasteiger partial charge in [-0.2, -0.15) is 0 Å². The lowest BCUT2D eigenvalue weighted by atomic mass is 9.79. The molecule has 0 aromatic carbocycles. The van der Waals surface area contributed by atoms with Crippen LogP contribution in [-0.2, 0) is 14.9 Å². The zero-order valence-corrected chi connectivity index (χ0v) is 12.0. The van der Waals surface area contributed by atoms with Gasteiger partial charge in [-0.15, -0.1) is 11.3 Å². The summed E-state index contributed by atoms with van der Waals surface area (Å²) >= 11 is 5.36. The highest BCUT2D eigenvalue weighted by Gasteiger charge is 2.43. The molecule has 0 spiro atoms. The van der Waals surface area contributed by atoms with Crippen LogP contribution in [0.4, 0.5) is 0 Å². The van der Waals surface area contributed by atoms with Crippen molar-refractivity contribution >= 4 is 27.3 Å². The topological polar surface area (TPSA) is 30.5 Å². The molecule has 0 bridgehead atoms. The lowest BCUT2D eigenvalue weighted by Gasteiger charge is -2.43. The predicted molar refractivity (Wildman–Crippen MR) is 71.7 cm³/mol. The first-order valence-electron chi connectivity index (χ1n) is 5.94. The molecule has 1 unspecified atom stereocenters. The molecule has 2 aliphatic heterocycles. The fourth-order valence-corrected chi connectivity index (χ4v) is 4.05. The summed E-state index contributed by atoms with van der Waals surface area (Å²) in [6.45, 7) is 4.44. The van der Waals surface area contributed by atoms with E-state index in [-0.39, 0.29) is 5.41 Å². The molecule has 1 atom stereocenters. The highest BCUT2D eigenvalue weighted by Crippen LogP contribution is 2.42. The molecule has 0 amide bonds. The molecule has 0 radical (unpaired) electrons. The van der Waals surface area contributed by atoms with Gasteiger partial charge in [0.25, 0.3) is 0 Å². The molecule has 1 aromatic rings. The second kappa shape index (κ2) is 4.97. The number of thiophene rings is 1. The molecule has 2 fully saturated rings. The predicted octanol–water partition coefficient (Wildman–Crippen LogP) is 2.16. The van der Waals surface area contributed by atoms with E-state index in [1.807, 2.05) is 11.3 Å². The number of ether oxygens (including phenoxy) is 2. The molecule has 5 heteroatoms. The minimum absolute atomic E-state index is 0.195. The fourth-order valence-electron chi connectivity index (χ4n) is 2.50. The number of morpholine rings is 1. The largest absolute Gasteiger partial charge is 0.379 e. The van der Waals surface area contributed by atoms with Crippen LogP contribution in [0.1, 0.15) is 11.3 Å². The van der Waals surface area contributed by atoms with Gasteiger partial charge in [-0.1, -0.05) is 0 Å². The Morgan fingerprint density at radius 1 is 1.47 bits per heavy atom. The van der Waals surface area contributed by atoms with E-state index in [1.165, 1.54) is 8.66 Å². The fraction of sp³-hybridized carbons (Fsp3) is 0.667. The summed E-state index contributed by atoms with van der Waals surface area (Å²) < 4.78 is 12.5. The van der Waals surface area contributed by atoms with Crippen molar-refractivity contribution in [3.8, 4) is 0 Å². The van der Waals surface area contributed by atoms with Crippen LogP contribution in [0.3, 0.4) is 0 Å². The quantitative estimate of drug-likeness (QED) is 0.926. The first-order chi connectivity index (χ1) is 8.28. The van der Waals surface area contributed by atoms with Crippen molar-refractivity contribution < 1.29 is 9.47 Å². The number of rotatable bonds is 3. The SMILES string of the molecule is Brc1ccc(C2(CC3CNCCO3)COC2)s1. The second-order valence-corrected chi connectivity index (χ2v) is 7.24. The highest BCUT2D eigenvalue weighted by molar-refractivity contribution is 9.11. The summed E-state index contributed by atoms with van der Waals surface area (Å²) in [7, 11) is 0. The van der Waals surface area contributed by atoms with E-state index in [1.54, 1.807) is 0 Å². The van der Waals surface area contributed by atoms with Crippen molar-refractivity contribution in [3.63, 3.8) is 0 Å². The first kappa shape index (κ1) is 12.1. The monoisotopic (exact) mass is 317 g/mol. The van der Waals surface area contributed by atoms with Gasteiger partial charge in [-0.25, -0.2) is 0 Å². The van der Waals surface area contributed by atoms with Crippen molar-refractivity contribution in [1.82, 2.24) is 5.32 Å². The lowest BCUT2D eigenvalue weighted by Crippen LogP contribution is -2.51. The smallest absolute Gasteiger partial charge is 0.0710 e. The Balaban J connectivity index is 1.73. The van der Waals surface area contributed by atoms with E-state index < -0.39 is 0 Å². The summed E-state index contributed by atoms with van der Waals surface area (Å²) in [4.78, 5) is 1.42. The maximum absolute atomic E-state index is 5.81. The van der Waals surface area contributed by atoms with E-state index in [2.05, 4.69) is 33.4 Å². The van der Waals surface area contributed by atoms with E-state index in [4.69, 9.17) is 9.47 Å². The van der Waals surface area contributed by atoms with Crippen LogP contribution in [0, 0.1) is 0 Å². The zero-order valence-electron chi connectivity index (χ0n) is 9.58. The van der Waals surface area contributed by atoms with Crippen molar-refractivity contribution in [1.29, 1.82) is 0 Å². The minimum atomic E-state index is 0.195. The van der Waals surface area contributed by atoms with Gasteiger partial charge in [-0.3, -0.25) is 0 Å². The van der Waals surface area contributed by atoms with Gasteiger partial charge in [0, 0.05) is 18.0 Å². The minimum Gasteiger partial charge on any atom is -0.379 e. The van der Waals surface area contributed by atoms with Crippen LogP contribution in [-0.4, -0.2) is 39.0 Å². The van der Waals surface area contributed by atoms with Gasteiger partial charge in [0.05, 0.1) is 35.1 Å². The average molecular weight is 318 g/mol. The molecule has 1 aromatic heterocycles. The van der Waals surface area contributed by atoms with Crippen molar-refractivity contribution in [2.24, 2.45) is 0 Å². The standard InChI is InChI=1S/C12H16BrNO2S/c13-11-2-1-10(17-11)12(7-15-8-12)5-9-6-14-3-4-16-9/h1-2,9,14H,3-8H2. The zero-order chi connectivity index (χ0) is 11.7. The van der Waals surface area contributed by atoms with Gasteiger partial charge in [0.15, 0.2) is 0 Å². The Labute approximate surface area is 114 Å². The summed E-state index contributed by atoms with van der Waals surface area (Å²) in [5, 5.41) is 3.39. The Hall–Kier alpha value is 0.0600. The maximum atomic E-state index is 5.81. The molecular weight excluding hydrogens is 302 g/mol. The molecule has 0 saturated carbocycles. The molecule has 3 nitrogen and oxygen atoms in total. The first-order valence-corrected chi connectivity index (χ1v) is 7.55. The lowest BCUT2D eigenvalue weighted by molar-refractivity contribution is -0.0926. The van der Waals surface area contributed by atoms with Crippen LogP contribution in [0.5, 0.6) is 0 Å². The third-order valence-corrected chi connectivity index (χ3v) is 5.35. The Kier molecular flexibility index (Phi) is 3.54. The number of halogens is 1. The molecule has 3 rings (SSSR count). The number of nitrogens with one attached hydrogen (secondary N) is 1. The van der Waals surface area contributed by atoms with E-state index in [9.17, 15) is 0 Å². The van der Waals surface area contributed by atoms with Gasteiger partial charge in [-0.05, 0) is 34.5 Å². The Morgan fingerprint density at radius 3 is 2.88 bits per heavy atom.